The molecule has 6 heavy (non-hydrogen) atoms. The smallest absolute Gasteiger partial charge is 0.0990 e. The first kappa shape index (κ1) is 3.59. The average molecular weight is 83.1 g/mol. The van der Waals surface area contributed by atoms with E-state index in [-0.39, 0.29) is 5.06 Å². The summed E-state index contributed by atoms with van der Waals surface area (Å²) in [6, 6.07) is 0. The minimum atomic E-state index is 0.0926. The molecule has 0 atom stereocenters. The van der Waals surface area contributed by atoms with Crippen molar-refractivity contribution in [3.8, 4) is 0 Å². The Balaban J connectivity index is 2.60. The quantitative estimate of drug-likeness (QED) is 0.389. The van der Waals surface area contributed by atoms with E-state index in [9.17, 15) is 5.21 Å². The van der Waals surface area contributed by atoms with Gasteiger partial charge in [0, 0.05) is 0 Å². The second-order valence-electron chi connectivity index (χ2n) is 1.12. The third-order valence-corrected chi connectivity index (χ3v) is 0.632. The summed E-state index contributed by atoms with van der Waals surface area (Å²) in [6.07, 6.45) is 6.50. The Morgan fingerprint density at radius 3 is 1.83 bits per heavy atom. The van der Waals surface area contributed by atoms with E-state index in [0.717, 1.165) is 0 Å². The third-order valence-electron chi connectivity index (χ3n) is 0.632. The van der Waals surface area contributed by atoms with Gasteiger partial charge < -0.3 is 10.3 Å². The molecule has 1 N–H and O–H groups in total. The molecule has 0 aromatic heterocycles. The molecule has 1 heterocycles. The molecular weight excluding hydrogens is 78.0 g/mol. The molecule has 0 saturated heterocycles. The summed E-state index contributed by atoms with van der Waals surface area (Å²) in [4.78, 5) is 0. The van der Waals surface area contributed by atoms with Crippen LogP contribution in [0.3, 0.4) is 0 Å². The first-order chi connectivity index (χ1) is 2.89. The number of hydrogen-bond acceptors (Lipinski definition) is 1. The molecule has 0 bridgehead atoms. The molecule has 0 saturated carbocycles. The fourth-order valence-corrected chi connectivity index (χ4v) is 0.356. The second kappa shape index (κ2) is 1.24. The summed E-state index contributed by atoms with van der Waals surface area (Å²) in [7, 11) is 0. The van der Waals surface area contributed by atoms with E-state index in [0.29, 0.717) is 0 Å². The molecular formula is C4H5NO. The van der Waals surface area contributed by atoms with Crippen LogP contribution in [0, 0.1) is 5.21 Å². The van der Waals surface area contributed by atoms with Crippen LogP contribution in [0.4, 0.5) is 0 Å². The fourth-order valence-electron chi connectivity index (χ4n) is 0.356. The van der Waals surface area contributed by atoms with Crippen LogP contribution in [-0.2, 0) is 0 Å². The lowest BCUT2D eigenvalue weighted by molar-refractivity contribution is -0.726. The minimum absolute atomic E-state index is 0.0926. The topological polar surface area (TPSA) is 27.5 Å². The average Bonchev–Trinajstić information content (AvgIpc) is 1.86. The van der Waals surface area contributed by atoms with Crippen LogP contribution in [0.15, 0.2) is 24.6 Å². The molecule has 0 fully saturated rings. The van der Waals surface area contributed by atoms with Crippen molar-refractivity contribution in [2.75, 3.05) is 0 Å². The highest BCUT2D eigenvalue weighted by Crippen LogP contribution is 1.71. The van der Waals surface area contributed by atoms with Crippen LogP contribution < -0.4 is 5.06 Å². The van der Waals surface area contributed by atoms with E-state index in [1.807, 2.05) is 0 Å². The van der Waals surface area contributed by atoms with E-state index < -0.39 is 0 Å². The van der Waals surface area contributed by atoms with Gasteiger partial charge in [-0.15, -0.1) is 0 Å². The van der Waals surface area contributed by atoms with Gasteiger partial charge in [0.25, 0.3) is 0 Å². The molecule has 2 heteroatoms. The van der Waals surface area contributed by atoms with Gasteiger partial charge in [0.15, 0.2) is 0 Å². The maximum atomic E-state index is 10.1. The van der Waals surface area contributed by atoms with E-state index in [1.54, 1.807) is 12.2 Å². The van der Waals surface area contributed by atoms with Gasteiger partial charge in [-0.3, -0.25) is 0 Å². The molecule has 0 amide bonds. The highest BCUT2D eigenvalue weighted by molar-refractivity contribution is 5.00. The lowest BCUT2D eigenvalue weighted by atomic mass is 10.6. The Morgan fingerprint density at radius 2 is 1.67 bits per heavy atom. The number of quaternary nitrogens is 1. The zero-order valence-corrected chi connectivity index (χ0v) is 3.22. The molecule has 1 aliphatic heterocycles. The van der Waals surface area contributed by atoms with Crippen molar-refractivity contribution in [2.45, 2.75) is 0 Å². The van der Waals surface area contributed by atoms with Crippen molar-refractivity contribution in [3.05, 3.63) is 29.8 Å². The van der Waals surface area contributed by atoms with E-state index in [1.165, 1.54) is 12.4 Å². The van der Waals surface area contributed by atoms with E-state index in [2.05, 4.69) is 0 Å². The Hall–Kier alpha value is -0.600. The van der Waals surface area contributed by atoms with Gasteiger partial charge in [0.05, 0.1) is 12.4 Å². The Kier molecular flexibility index (Phi) is 0.742. The zero-order chi connectivity index (χ0) is 4.41. The van der Waals surface area contributed by atoms with Gasteiger partial charge in [0.2, 0.25) is 0 Å². The van der Waals surface area contributed by atoms with Crippen molar-refractivity contribution in [3.63, 3.8) is 0 Å². The predicted molar refractivity (Wildman–Crippen MR) is 22.6 cm³/mol. The van der Waals surface area contributed by atoms with Crippen LogP contribution in [0.2, 0.25) is 0 Å². The van der Waals surface area contributed by atoms with Gasteiger partial charge in [-0.05, 0) is 12.2 Å². The van der Waals surface area contributed by atoms with Crippen LogP contribution in [0.1, 0.15) is 0 Å². The molecule has 2 nitrogen and oxygen atoms in total. The largest absolute Gasteiger partial charge is 0.624 e. The molecule has 32 valence electrons. The maximum Gasteiger partial charge on any atom is 0.0990 e. The van der Waals surface area contributed by atoms with Gasteiger partial charge in [0.1, 0.15) is 0 Å². The van der Waals surface area contributed by atoms with Crippen LogP contribution >= 0.6 is 0 Å². The number of hydrogen-bond donors (Lipinski definition) is 1. The SMILES string of the molecule is [O-][NH+]1C=CC=C1. The Morgan fingerprint density at radius 1 is 1.17 bits per heavy atom. The second-order valence-corrected chi connectivity index (χ2v) is 1.12. The lowest BCUT2D eigenvalue weighted by Gasteiger charge is -2.04. The van der Waals surface area contributed by atoms with Gasteiger partial charge in [-0.25, -0.2) is 0 Å². The van der Waals surface area contributed by atoms with Crippen molar-refractivity contribution < 1.29 is 5.06 Å². The monoisotopic (exact) mass is 83.0 g/mol. The first-order valence-electron chi connectivity index (χ1n) is 1.78. The molecule has 1 rings (SSSR count). The number of allylic oxidation sites excluding steroid dienone is 2. The number of rotatable bonds is 0. The van der Waals surface area contributed by atoms with Gasteiger partial charge in [-0.1, -0.05) is 0 Å². The summed E-state index contributed by atoms with van der Waals surface area (Å²) in [6.45, 7) is 0. The molecule has 0 radical (unpaired) electrons. The number of hydroxylamine groups is 2. The van der Waals surface area contributed by atoms with E-state index >= 15 is 0 Å². The third kappa shape index (κ3) is 0.478. The van der Waals surface area contributed by atoms with Gasteiger partial charge in [-0.2, -0.15) is 0 Å². The van der Waals surface area contributed by atoms with Gasteiger partial charge >= 0.3 is 0 Å². The van der Waals surface area contributed by atoms with Crippen molar-refractivity contribution in [2.24, 2.45) is 0 Å². The summed E-state index contributed by atoms with van der Waals surface area (Å²) in [5, 5.41) is 10.2. The lowest BCUT2D eigenvalue weighted by Crippen LogP contribution is -2.95. The fraction of sp³-hybridized carbons (Fsp3) is 0. The molecule has 0 aromatic carbocycles. The summed E-state index contributed by atoms with van der Waals surface area (Å²) in [5.74, 6) is 0. The first-order valence-corrected chi connectivity index (χ1v) is 1.78. The van der Waals surface area contributed by atoms with Crippen LogP contribution in [-0.4, -0.2) is 0 Å². The Labute approximate surface area is 36.0 Å². The predicted octanol–water partition coefficient (Wildman–Crippen LogP) is -0.590. The van der Waals surface area contributed by atoms with Crippen LogP contribution in [0.5, 0.6) is 0 Å². The van der Waals surface area contributed by atoms with Crippen molar-refractivity contribution >= 4 is 0 Å². The molecule has 0 aromatic rings. The van der Waals surface area contributed by atoms with Crippen molar-refractivity contribution in [1.82, 2.24) is 0 Å². The highest BCUT2D eigenvalue weighted by atomic mass is 16.5. The maximum absolute atomic E-state index is 10.1. The van der Waals surface area contributed by atoms with E-state index in [4.69, 9.17) is 0 Å². The molecule has 0 aliphatic carbocycles. The molecule has 1 aliphatic rings. The normalized spacial score (nSPS) is 20.2. The number of nitrogens with one attached hydrogen (secondary N) is 1. The van der Waals surface area contributed by atoms with Crippen LogP contribution in [0.25, 0.3) is 0 Å². The summed E-state index contributed by atoms with van der Waals surface area (Å²) in [5.41, 5.74) is 0. The summed E-state index contributed by atoms with van der Waals surface area (Å²) >= 11 is 0. The Bertz CT molecular complexity index is 83.7. The highest BCUT2D eigenvalue weighted by Gasteiger charge is 1.84. The molecule has 0 unspecified atom stereocenters. The minimum Gasteiger partial charge on any atom is -0.624 e. The van der Waals surface area contributed by atoms with Crippen molar-refractivity contribution in [1.29, 1.82) is 0 Å². The standard InChI is InChI=1S/C4H5NO/c6-5-3-1-2-4-5/h1-5H. The zero-order valence-electron chi connectivity index (χ0n) is 3.22. The molecule has 0 spiro atoms. The summed E-state index contributed by atoms with van der Waals surface area (Å²) < 4.78 is 0.